The molecular weight excluding hydrogens is 540 g/mol. The van der Waals surface area contributed by atoms with Crippen LogP contribution in [0.2, 0.25) is 0 Å². The number of primary sulfonamides is 1. The molecule has 4 aromatic carbocycles. The smallest absolute Gasteiger partial charge is 0.262 e. The molecule has 0 heterocycles. The summed E-state index contributed by atoms with van der Waals surface area (Å²) in [5.41, 5.74) is 5.99. The lowest BCUT2D eigenvalue weighted by Crippen LogP contribution is -2.29. The molecule has 5 N–H and O–H groups in total. The molecule has 0 saturated heterocycles. The van der Waals surface area contributed by atoms with Gasteiger partial charge in [0.2, 0.25) is 10.0 Å². The summed E-state index contributed by atoms with van der Waals surface area (Å²) >= 11 is 0. The second-order valence-electron chi connectivity index (χ2n) is 8.46. The fourth-order valence-corrected chi connectivity index (χ4v) is 5.14. The molecule has 0 bridgehead atoms. The van der Waals surface area contributed by atoms with Gasteiger partial charge < -0.3 is 10.5 Å². The first kappa shape index (κ1) is 27.5. The normalized spacial score (nSPS) is 11.5. The van der Waals surface area contributed by atoms with Gasteiger partial charge in [0.1, 0.15) is 16.5 Å². The molecule has 200 valence electrons. The van der Waals surface area contributed by atoms with Crippen molar-refractivity contribution in [2.75, 3.05) is 11.2 Å². The van der Waals surface area contributed by atoms with Crippen LogP contribution in [0.5, 0.6) is 11.5 Å². The van der Waals surface area contributed by atoms with Crippen molar-refractivity contribution in [1.29, 1.82) is 5.41 Å². The van der Waals surface area contributed by atoms with Crippen molar-refractivity contribution < 1.29 is 26.4 Å². The Hall–Kier alpha value is -4.52. The van der Waals surface area contributed by atoms with E-state index in [9.17, 15) is 21.6 Å². The summed E-state index contributed by atoms with van der Waals surface area (Å²) in [4.78, 5) is 14.5. The van der Waals surface area contributed by atoms with Crippen LogP contribution in [-0.2, 0) is 19.9 Å². The quantitative estimate of drug-likeness (QED) is 0.215. The van der Waals surface area contributed by atoms with Crippen LogP contribution in [0.1, 0.15) is 15.9 Å². The second kappa shape index (κ2) is 10.7. The zero-order chi connectivity index (χ0) is 28.4. The summed E-state index contributed by atoms with van der Waals surface area (Å²) in [5, 5.41) is 13.2. The Morgan fingerprint density at radius 2 is 1.44 bits per heavy atom. The number of nitrogen functional groups attached to an aromatic ring is 1. The van der Waals surface area contributed by atoms with E-state index in [-0.39, 0.29) is 44.1 Å². The van der Waals surface area contributed by atoms with Gasteiger partial charge in [-0.25, -0.2) is 22.0 Å². The molecule has 4 aromatic rings. The molecule has 0 aliphatic heterocycles. The van der Waals surface area contributed by atoms with E-state index in [0.717, 1.165) is 11.2 Å². The van der Waals surface area contributed by atoms with Crippen molar-refractivity contribution in [3.8, 4) is 11.5 Å². The summed E-state index contributed by atoms with van der Waals surface area (Å²) in [6, 6.07) is 23.8. The number of nitrogens with zero attached hydrogens (tertiary/aromatic N) is 1. The number of rotatable bonds is 8. The second-order valence-corrected chi connectivity index (χ2v) is 12.0. The van der Waals surface area contributed by atoms with Crippen molar-refractivity contribution in [2.24, 2.45) is 10.9 Å². The number of hydrogen-bond acceptors (Lipinski definition) is 7. The number of sulfone groups is 1. The summed E-state index contributed by atoms with van der Waals surface area (Å²) in [5.74, 6) is -0.602. The fraction of sp³-hybridized carbons (Fsp3) is 0.0370. The average molecular weight is 565 g/mol. The number of ether oxygens (including phenoxy) is 1. The van der Waals surface area contributed by atoms with E-state index in [2.05, 4.69) is 0 Å². The molecule has 0 atom stereocenters. The van der Waals surface area contributed by atoms with E-state index in [1.807, 2.05) is 0 Å². The predicted molar refractivity (Wildman–Crippen MR) is 148 cm³/mol. The van der Waals surface area contributed by atoms with Gasteiger partial charge in [-0.1, -0.05) is 42.5 Å². The van der Waals surface area contributed by atoms with Gasteiger partial charge in [0.25, 0.3) is 5.91 Å². The Labute approximate surface area is 225 Å². The summed E-state index contributed by atoms with van der Waals surface area (Å²) in [6.45, 7) is 0. The van der Waals surface area contributed by atoms with Crippen molar-refractivity contribution in [3.05, 3.63) is 108 Å². The molecule has 0 aliphatic carbocycles. The van der Waals surface area contributed by atoms with Crippen LogP contribution in [0.3, 0.4) is 0 Å². The van der Waals surface area contributed by atoms with Gasteiger partial charge in [-0.2, -0.15) is 0 Å². The molecule has 4 rings (SSSR count). The standard InChI is InChI=1S/C27H24N4O6S2/c1-38(33,34)21-14-15-24(37-20-11-7-10-19(16-20)26(28)29)23(17-21)31(27(32)18-8-3-2-4-9-18)22-12-5-6-13-25(22)39(30,35)36/h2-17H,1H3,(H3,28,29)(H2,30,35,36). The van der Waals surface area contributed by atoms with Crippen molar-refractivity contribution in [2.45, 2.75) is 9.79 Å². The number of para-hydroxylation sites is 1. The van der Waals surface area contributed by atoms with Gasteiger partial charge in [0, 0.05) is 17.4 Å². The van der Waals surface area contributed by atoms with E-state index in [1.165, 1.54) is 60.7 Å². The highest BCUT2D eigenvalue weighted by molar-refractivity contribution is 7.90. The summed E-state index contributed by atoms with van der Waals surface area (Å²) in [7, 11) is -8.08. The van der Waals surface area contributed by atoms with Crippen LogP contribution >= 0.6 is 0 Å². The Balaban J connectivity index is 2.03. The molecule has 0 radical (unpaired) electrons. The Morgan fingerprint density at radius 1 is 0.795 bits per heavy atom. The first-order valence-electron chi connectivity index (χ1n) is 11.3. The van der Waals surface area contributed by atoms with Crippen LogP contribution < -0.4 is 20.5 Å². The predicted octanol–water partition coefficient (Wildman–Crippen LogP) is 3.79. The highest BCUT2D eigenvalue weighted by Gasteiger charge is 2.29. The molecular formula is C27H24N4O6S2. The SMILES string of the molecule is CS(=O)(=O)c1ccc(Oc2cccc(C(=N)N)c2)c(N(C(=O)c2ccccc2)c2ccccc2S(N)(=O)=O)c1. The lowest BCUT2D eigenvalue weighted by atomic mass is 10.1. The maximum absolute atomic E-state index is 14.0. The number of carbonyl (C=O) groups excluding carboxylic acids is 1. The van der Waals surface area contributed by atoms with E-state index >= 15 is 0 Å². The molecule has 0 aromatic heterocycles. The molecule has 0 spiro atoms. The third-order valence-electron chi connectivity index (χ3n) is 5.61. The van der Waals surface area contributed by atoms with Crippen LogP contribution in [-0.4, -0.2) is 34.8 Å². The maximum atomic E-state index is 14.0. The van der Waals surface area contributed by atoms with E-state index < -0.39 is 25.8 Å². The lowest BCUT2D eigenvalue weighted by Gasteiger charge is -2.27. The minimum Gasteiger partial charge on any atom is -0.455 e. The van der Waals surface area contributed by atoms with E-state index in [4.69, 9.17) is 21.0 Å². The average Bonchev–Trinajstić information content (AvgIpc) is 2.89. The molecule has 12 heteroatoms. The number of benzene rings is 4. The number of amides is 1. The van der Waals surface area contributed by atoms with Crippen LogP contribution in [0.4, 0.5) is 11.4 Å². The van der Waals surface area contributed by atoms with Gasteiger partial charge in [-0.05, 0) is 54.6 Å². The first-order chi connectivity index (χ1) is 18.4. The first-order valence-corrected chi connectivity index (χ1v) is 14.8. The molecule has 39 heavy (non-hydrogen) atoms. The number of hydrogen-bond donors (Lipinski definition) is 3. The largest absolute Gasteiger partial charge is 0.455 e. The third kappa shape index (κ3) is 6.14. The number of amidine groups is 1. The van der Waals surface area contributed by atoms with Crippen LogP contribution in [0.25, 0.3) is 0 Å². The molecule has 0 unspecified atom stereocenters. The number of carbonyl (C=O) groups is 1. The summed E-state index contributed by atoms with van der Waals surface area (Å²) in [6.07, 6.45) is 1.00. The Kier molecular flexibility index (Phi) is 7.54. The van der Waals surface area contributed by atoms with Gasteiger partial charge in [-0.3, -0.25) is 15.1 Å². The molecule has 0 saturated carbocycles. The van der Waals surface area contributed by atoms with Crippen molar-refractivity contribution in [3.63, 3.8) is 0 Å². The third-order valence-corrected chi connectivity index (χ3v) is 7.68. The molecule has 1 amide bonds. The number of nitrogens with one attached hydrogen (secondary N) is 1. The van der Waals surface area contributed by atoms with Gasteiger partial charge in [0.15, 0.2) is 15.6 Å². The lowest BCUT2D eigenvalue weighted by molar-refractivity contribution is 0.0998. The van der Waals surface area contributed by atoms with Gasteiger partial charge in [-0.15, -0.1) is 0 Å². The Morgan fingerprint density at radius 3 is 2.08 bits per heavy atom. The van der Waals surface area contributed by atoms with Crippen molar-refractivity contribution >= 4 is 43.0 Å². The van der Waals surface area contributed by atoms with Crippen molar-refractivity contribution in [1.82, 2.24) is 0 Å². The highest BCUT2D eigenvalue weighted by atomic mass is 32.2. The molecule has 0 fully saturated rings. The fourth-order valence-electron chi connectivity index (χ4n) is 3.78. The number of sulfonamides is 1. The van der Waals surface area contributed by atoms with Crippen LogP contribution in [0, 0.1) is 5.41 Å². The number of anilines is 2. The van der Waals surface area contributed by atoms with E-state index in [1.54, 1.807) is 36.4 Å². The van der Waals surface area contributed by atoms with Gasteiger partial charge >= 0.3 is 0 Å². The maximum Gasteiger partial charge on any atom is 0.262 e. The Bertz CT molecular complexity index is 1790. The minimum absolute atomic E-state index is 0.0246. The number of nitrogens with two attached hydrogens (primary N) is 2. The zero-order valence-electron chi connectivity index (χ0n) is 20.6. The molecule has 10 nitrogen and oxygen atoms in total. The van der Waals surface area contributed by atoms with E-state index in [0.29, 0.717) is 5.56 Å². The molecule has 0 aliphatic rings. The zero-order valence-corrected chi connectivity index (χ0v) is 22.2. The minimum atomic E-state index is -4.32. The van der Waals surface area contributed by atoms with Crippen LogP contribution in [0.15, 0.2) is 107 Å². The topological polar surface area (TPSA) is 174 Å². The van der Waals surface area contributed by atoms with Gasteiger partial charge in [0.05, 0.1) is 16.3 Å². The monoisotopic (exact) mass is 564 g/mol. The summed E-state index contributed by atoms with van der Waals surface area (Å²) < 4.78 is 56.1. The highest BCUT2D eigenvalue weighted by Crippen LogP contribution is 2.41.